The van der Waals surface area contributed by atoms with E-state index in [0.717, 1.165) is 0 Å². The Morgan fingerprint density at radius 2 is 2.08 bits per heavy atom. The third kappa shape index (κ3) is 5.88. The molecule has 6 heteroatoms. The molecule has 5 nitrogen and oxygen atoms in total. The maximum atomic E-state index is 10.7. The van der Waals surface area contributed by atoms with Gasteiger partial charge >= 0.3 is 13.7 Å². The summed E-state index contributed by atoms with van der Waals surface area (Å²) in [5.74, 6) is -0.560. The second kappa shape index (κ2) is 5.73. The molecule has 0 saturated heterocycles. The monoisotopic (exact) mass is 173 g/mol. The van der Waals surface area contributed by atoms with Crippen molar-refractivity contribution in [3.63, 3.8) is 0 Å². The van der Waals surface area contributed by atoms with Crippen LogP contribution < -0.4 is 0 Å². The molecule has 68 valence electrons. The predicted molar refractivity (Wildman–Crippen MR) is 43.6 cm³/mol. The van der Waals surface area contributed by atoms with Gasteiger partial charge in [0.2, 0.25) is 0 Å². The van der Waals surface area contributed by atoms with Crippen molar-refractivity contribution in [3.8, 4) is 0 Å². The molecular weight excluding hydrogens is 161 g/mol. The second-order valence-corrected chi connectivity index (χ2v) is 2.52. The molecule has 1 N–H and O–H groups in total. The van der Waals surface area contributed by atoms with Crippen LogP contribution in [0.25, 0.3) is 0 Å². The average Bonchev–Trinajstić information content (AvgIpc) is 1.84. The van der Waals surface area contributed by atoms with E-state index in [1.165, 1.54) is 11.8 Å². The zero-order valence-electron chi connectivity index (χ0n) is 7.24. The highest BCUT2D eigenvalue weighted by molar-refractivity contribution is 6.20. The first kappa shape index (κ1) is 11.1. The van der Waals surface area contributed by atoms with E-state index in [-0.39, 0.29) is 18.9 Å². The molecular formula is C6H12BNO4. The van der Waals surface area contributed by atoms with Crippen LogP contribution >= 0.6 is 0 Å². The quantitative estimate of drug-likeness (QED) is 0.502. The lowest BCUT2D eigenvalue weighted by atomic mass is 10.4. The highest BCUT2D eigenvalue weighted by Crippen LogP contribution is 1.84. The van der Waals surface area contributed by atoms with Crippen LogP contribution in [0.4, 0.5) is 0 Å². The van der Waals surface area contributed by atoms with Crippen molar-refractivity contribution in [3.05, 3.63) is 0 Å². The van der Waals surface area contributed by atoms with Crippen molar-refractivity contribution < 1.29 is 19.3 Å². The molecule has 0 atom stereocenters. The largest absolute Gasteiger partial charge is 0.511 e. The summed E-state index contributed by atoms with van der Waals surface area (Å²) in [5, 5.41) is 8.20. The van der Waals surface area contributed by atoms with E-state index in [2.05, 4.69) is 4.65 Å². The van der Waals surface area contributed by atoms with Gasteiger partial charge < -0.3 is 9.68 Å². The molecule has 0 aliphatic carbocycles. The number of likely N-dealkylation sites (N-methyl/N-ethyl adjacent to an activating group) is 1. The molecule has 0 aromatic carbocycles. The van der Waals surface area contributed by atoms with Crippen LogP contribution in [0.1, 0.15) is 6.92 Å². The van der Waals surface area contributed by atoms with Crippen molar-refractivity contribution in [2.24, 2.45) is 0 Å². The second-order valence-electron chi connectivity index (χ2n) is 2.52. The number of hydrogen-bond donors (Lipinski definition) is 1. The van der Waals surface area contributed by atoms with Crippen LogP contribution in [-0.2, 0) is 14.2 Å². The molecule has 0 aromatic rings. The number of ketones is 1. The lowest BCUT2D eigenvalue weighted by Gasteiger charge is -2.12. The third-order valence-electron chi connectivity index (χ3n) is 1.12. The van der Waals surface area contributed by atoms with Crippen LogP contribution in [-0.4, -0.2) is 49.5 Å². The SMILES string of the molecule is CC(=O)CN(C)CC(=O)OBO. The van der Waals surface area contributed by atoms with Crippen LogP contribution in [0.3, 0.4) is 0 Å². The Morgan fingerprint density at radius 1 is 1.50 bits per heavy atom. The fourth-order valence-electron chi connectivity index (χ4n) is 0.774. The van der Waals surface area contributed by atoms with Gasteiger partial charge in [-0.2, -0.15) is 0 Å². The van der Waals surface area contributed by atoms with E-state index in [1.54, 1.807) is 7.05 Å². The van der Waals surface area contributed by atoms with Gasteiger partial charge in [0.1, 0.15) is 5.78 Å². The molecule has 0 aliphatic heterocycles. The van der Waals surface area contributed by atoms with Crippen molar-refractivity contribution in [1.29, 1.82) is 0 Å². The Labute approximate surface area is 71.6 Å². The molecule has 0 radical (unpaired) electrons. The first-order valence-electron chi connectivity index (χ1n) is 3.50. The van der Waals surface area contributed by atoms with Gasteiger partial charge in [-0.3, -0.25) is 14.5 Å². The minimum Gasteiger partial charge on any atom is -0.511 e. The zero-order valence-corrected chi connectivity index (χ0v) is 7.24. The topological polar surface area (TPSA) is 66.8 Å². The maximum absolute atomic E-state index is 10.7. The Balaban J connectivity index is 3.61. The summed E-state index contributed by atoms with van der Waals surface area (Å²) < 4.78 is 4.26. The van der Waals surface area contributed by atoms with Crippen LogP contribution in [0.2, 0.25) is 0 Å². The van der Waals surface area contributed by atoms with E-state index < -0.39 is 13.7 Å². The molecule has 0 amide bonds. The predicted octanol–water partition coefficient (Wildman–Crippen LogP) is -1.69. The first-order valence-corrected chi connectivity index (χ1v) is 3.50. The number of Topliss-reactive ketones (excluding diaryl/α,β-unsaturated/α-hetero) is 1. The Kier molecular flexibility index (Phi) is 5.32. The molecule has 0 spiro atoms. The lowest BCUT2D eigenvalue weighted by Crippen LogP contribution is -2.31. The maximum Gasteiger partial charge on any atom is 0.506 e. The zero-order chi connectivity index (χ0) is 9.56. The van der Waals surface area contributed by atoms with Gasteiger partial charge in [0.05, 0.1) is 13.1 Å². The summed E-state index contributed by atoms with van der Waals surface area (Å²) in [7, 11) is 1.01. The number of carbonyl (C=O) groups excluding carboxylic acids is 2. The van der Waals surface area contributed by atoms with Gasteiger partial charge in [-0.05, 0) is 14.0 Å². The van der Waals surface area contributed by atoms with Crippen LogP contribution in [0.5, 0.6) is 0 Å². The Bertz CT molecular complexity index is 173. The molecule has 0 unspecified atom stereocenters. The number of carbonyl (C=O) groups is 2. The molecule has 0 saturated carbocycles. The summed E-state index contributed by atoms with van der Waals surface area (Å²) in [5.41, 5.74) is 0. The molecule has 0 aliphatic rings. The number of nitrogens with zero attached hydrogens (tertiary/aromatic N) is 1. The fourth-order valence-corrected chi connectivity index (χ4v) is 0.774. The summed E-state index contributed by atoms with van der Waals surface area (Å²) in [6, 6.07) is 0. The van der Waals surface area contributed by atoms with E-state index >= 15 is 0 Å². The minimum absolute atomic E-state index is 0.0140. The van der Waals surface area contributed by atoms with Crippen molar-refractivity contribution in [1.82, 2.24) is 4.90 Å². The van der Waals surface area contributed by atoms with Crippen LogP contribution in [0, 0.1) is 0 Å². The highest BCUT2D eigenvalue weighted by atomic mass is 16.6. The van der Waals surface area contributed by atoms with E-state index in [1.807, 2.05) is 0 Å². The standard InChI is InChI=1S/C6H12BNO4/c1-5(9)3-8(2)4-6(10)12-7-11/h7,11H,3-4H2,1-2H3. The van der Waals surface area contributed by atoms with Gasteiger partial charge in [0.25, 0.3) is 0 Å². The van der Waals surface area contributed by atoms with Crippen molar-refractivity contribution in [2.75, 3.05) is 20.1 Å². The smallest absolute Gasteiger partial charge is 0.506 e. The molecule has 0 rings (SSSR count). The number of hydrogen-bond acceptors (Lipinski definition) is 5. The van der Waals surface area contributed by atoms with Gasteiger partial charge in [-0.1, -0.05) is 0 Å². The molecule has 12 heavy (non-hydrogen) atoms. The van der Waals surface area contributed by atoms with E-state index in [9.17, 15) is 9.59 Å². The molecule has 0 bridgehead atoms. The lowest BCUT2D eigenvalue weighted by molar-refractivity contribution is -0.136. The summed E-state index contributed by atoms with van der Waals surface area (Å²) in [6.45, 7) is 1.66. The van der Waals surface area contributed by atoms with Gasteiger partial charge in [-0.15, -0.1) is 0 Å². The van der Waals surface area contributed by atoms with Crippen LogP contribution in [0.15, 0.2) is 0 Å². The van der Waals surface area contributed by atoms with E-state index in [0.29, 0.717) is 0 Å². The minimum atomic E-state index is -0.618. The van der Waals surface area contributed by atoms with Gasteiger partial charge in [-0.25, -0.2) is 0 Å². The van der Waals surface area contributed by atoms with Gasteiger partial charge in [0.15, 0.2) is 0 Å². The normalized spacial score (nSPS) is 9.67. The molecule has 0 fully saturated rings. The van der Waals surface area contributed by atoms with E-state index in [4.69, 9.17) is 5.02 Å². The molecule has 0 heterocycles. The highest BCUT2D eigenvalue weighted by Gasteiger charge is 2.08. The summed E-state index contributed by atoms with van der Waals surface area (Å²) in [6.07, 6.45) is 0. The van der Waals surface area contributed by atoms with Crippen molar-refractivity contribution in [2.45, 2.75) is 6.92 Å². The number of rotatable bonds is 5. The first-order chi connectivity index (χ1) is 5.56. The Morgan fingerprint density at radius 3 is 2.50 bits per heavy atom. The fraction of sp³-hybridized carbons (Fsp3) is 0.667. The average molecular weight is 173 g/mol. The third-order valence-corrected chi connectivity index (χ3v) is 1.12. The molecule has 0 aromatic heterocycles. The summed E-state index contributed by atoms with van der Waals surface area (Å²) in [4.78, 5) is 22.8. The van der Waals surface area contributed by atoms with Gasteiger partial charge in [0, 0.05) is 0 Å². The Hall–Kier alpha value is -0.875. The van der Waals surface area contributed by atoms with Crippen molar-refractivity contribution >= 4 is 19.4 Å². The summed E-state index contributed by atoms with van der Waals surface area (Å²) >= 11 is 0.